The summed E-state index contributed by atoms with van der Waals surface area (Å²) in [6.45, 7) is 0.269. The topological polar surface area (TPSA) is 109 Å². The van der Waals surface area contributed by atoms with E-state index in [1.54, 1.807) is 29.3 Å². The van der Waals surface area contributed by atoms with Crippen LogP contribution in [0, 0.1) is 5.92 Å². The number of halogens is 1. The fourth-order valence-corrected chi connectivity index (χ4v) is 3.18. The minimum absolute atomic E-state index is 0.0973. The van der Waals surface area contributed by atoms with Gasteiger partial charge >= 0.3 is 6.09 Å². The number of nitrogens with zero attached hydrogens (tertiary/aromatic N) is 3. The van der Waals surface area contributed by atoms with Gasteiger partial charge in [0, 0.05) is 36.5 Å². The van der Waals surface area contributed by atoms with E-state index in [0.717, 1.165) is 5.69 Å². The molecule has 2 atom stereocenters. The molecule has 2 aromatic rings. The van der Waals surface area contributed by atoms with Gasteiger partial charge in [-0.15, -0.1) is 0 Å². The van der Waals surface area contributed by atoms with Crippen molar-refractivity contribution in [1.82, 2.24) is 25.4 Å². The third-order valence-electron chi connectivity index (χ3n) is 4.23. The molecule has 25 heavy (non-hydrogen) atoms. The van der Waals surface area contributed by atoms with E-state index in [4.69, 9.17) is 16.7 Å². The molecular weight excluding hydrogens is 346 g/mol. The molecule has 0 aliphatic heterocycles. The monoisotopic (exact) mass is 363 g/mol. The molecule has 8 nitrogen and oxygen atoms in total. The van der Waals surface area contributed by atoms with Crippen molar-refractivity contribution in [2.45, 2.75) is 31.8 Å². The zero-order chi connectivity index (χ0) is 17.8. The zero-order valence-electron chi connectivity index (χ0n) is 13.4. The number of aromatic nitrogens is 3. The lowest BCUT2D eigenvalue weighted by Crippen LogP contribution is -2.33. The van der Waals surface area contributed by atoms with Gasteiger partial charge in [0.05, 0.1) is 11.9 Å². The highest BCUT2D eigenvalue weighted by atomic mass is 35.5. The van der Waals surface area contributed by atoms with E-state index in [1.807, 2.05) is 6.07 Å². The van der Waals surface area contributed by atoms with Crippen LogP contribution in [-0.4, -0.2) is 37.9 Å². The Morgan fingerprint density at radius 2 is 2.24 bits per heavy atom. The predicted octanol–water partition coefficient (Wildman–Crippen LogP) is 1.97. The molecule has 1 aliphatic carbocycles. The first kappa shape index (κ1) is 17.2. The summed E-state index contributed by atoms with van der Waals surface area (Å²) in [7, 11) is 0. The van der Waals surface area contributed by atoms with Crippen molar-refractivity contribution in [3.63, 3.8) is 0 Å². The second-order valence-corrected chi connectivity index (χ2v) is 6.33. The molecule has 2 aromatic heterocycles. The summed E-state index contributed by atoms with van der Waals surface area (Å²) in [6, 6.07) is 3.49. The molecule has 0 unspecified atom stereocenters. The van der Waals surface area contributed by atoms with E-state index in [2.05, 4.69) is 20.7 Å². The molecule has 2 heterocycles. The minimum Gasteiger partial charge on any atom is -0.465 e. The van der Waals surface area contributed by atoms with E-state index in [9.17, 15) is 9.59 Å². The molecule has 0 aromatic carbocycles. The van der Waals surface area contributed by atoms with Crippen LogP contribution in [0.25, 0.3) is 5.69 Å². The molecule has 0 radical (unpaired) electrons. The molecule has 3 rings (SSSR count). The van der Waals surface area contributed by atoms with Crippen molar-refractivity contribution in [2.75, 3.05) is 0 Å². The van der Waals surface area contributed by atoms with Crippen LogP contribution in [0.5, 0.6) is 0 Å². The number of amides is 2. The van der Waals surface area contributed by atoms with Crippen LogP contribution in [0.2, 0.25) is 5.15 Å². The maximum atomic E-state index is 12.3. The molecule has 0 bridgehead atoms. The highest BCUT2D eigenvalue weighted by Gasteiger charge is 2.30. The average molecular weight is 364 g/mol. The summed E-state index contributed by atoms with van der Waals surface area (Å²) < 4.78 is 1.61. The lowest BCUT2D eigenvalue weighted by Gasteiger charge is -2.11. The fraction of sp³-hybridized carbons (Fsp3) is 0.375. The molecule has 0 spiro atoms. The minimum atomic E-state index is -1.05. The number of pyridine rings is 1. The van der Waals surface area contributed by atoms with Gasteiger partial charge in [-0.25, -0.2) is 9.48 Å². The van der Waals surface area contributed by atoms with Gasteiger partial charge < -0.3 is 15.7 Å². The maximum Gasteiger partial charge on any atom is 0.404 e. The van der Waals surface area contributed by atoms with Gasteiger partial charge in [-0.1, -0.05) is 11.6 Å². The molecule has 2 amide bonds. The Balaban J connectivity index is 1.56. The van der Waals surface area contributed by atoms with Crippen LogP contribution in [0.4, 0.5) is 4.79 Å². The van der Waals surface area contributed by atoms with Crippen LogP contribution < -0.4 is 10.6 Å². The van der Waals surface area contributed by atoms with Crippen LogP contribution in [0.3, 0.4) is 0 Å². The van der Waals surface area contributed by atoms with E-state index >= 15 is 0 Å². The molecule has 1 aliphatic rings. The van der Waals surface area contributed by atoms with Crippen LogP contribution in [0.1, 0.15) is 24.8 Å². The van der Waals surface area contributed by atoms with Crippen molar-refractivity contribution in [3.8, 4) is 5.69 Å². The molecule has 1 fully saturated rings. The highest BCUT2D eigenvalue weighted by Crippen LogP contribution is 2.26. The predicted molar refractivity (Wildman–Crippen MR) is 90.5 cm³/mol. The maximum absolute atomic E-state index is 12.3. The van der Waals surface area contributed by atoms with Crippen LogP contribution in [0.15, 0.2) is 30.7 Å². The summed E-state index contributed by atoms with van der Waals surface area (Å²) in [6.07, 6.45) is 5.89. The van der Waals surface area contributed by atoms with Crippen molar-refractivity contribution in [3.05, 3.63) is 41.4 Å². The summed E-state index contributed by atoms with van der Waals surface area (Å²) >= 11 is 6.14. The number of carbonyl (C=O) groups is 2. The second-order valence-electron chi connectivity index (χ2n) is 5.98. The van der Waals surface area contributed by atoms with Crippen molar-refractivity contribution in [1.29, 1.82) is 0 Å². The number of rotatable bonds is 5. The fourth-order valence-electron chi connectivity index (χ4n) is 2.98. The Morgan fingerprint density at radius 3 is 2.96 bits per heavy atom. The first-order valence-corrected chi connectivity index (χ1v) is 8.32. The molecule has 0 saturated heterocycles. The van der Waals surface area contributed by atoms with Gasteiger partial charge in [0.1, 0.15) is 0 Å². The van der Waals surface area contributed by atoms with Gasteiger partial charge in [0.15, 0.2) is 5.15 Å². The standard InChI is InChI=1S/C16H18ClN5O3/c17-14-11(9-22(21-14)13-2-1-5-18-8-13)7-19-15(23)10-3-4-12(6-10)20-16(24)25/h1-2,5,8-10,12,20H,3-4,6-7H2,(H,19,23)(H,24,25)/t10-,12+/m1/s1. The number of nitrogens with one attached hydrogen (secondary N) is 2. The average Bonchev–Trinajstić information content (AvgIpc) is 3.20. The lowest BCUT2D eigenvalue weighted by atomic mass is 10.1. The SMILES string of the molecule is O=C(O)N[C@H]1CC[C@@H](C(=O)NCc2cn(-c3cccnc3)nc2Cl)C1. The van der Waals surface area contributed by atoms with Gasteiger partial charge in [0.25, 0.3) is 0 Å². The number of hydrogen-bond donors (Lipinski definition) is 3. The Morgan fingerprint density at radius 1 is 1.40 bits per heavy atom. The Labute approximate surface area is 149 Å². The van der Waals surface area contributed by atoms with E-state index in [-0.39, 0.29) is 24.4 Å². The molecular formula is C16H18ClN5O3. The molecule has 9 heteroatoms. The van der Waals surface area contributed by atoms with Gasteiger partial charge in [-0.05, 0) is 31.4 Å². The normalized spacial score (nSPS) is 19.6. The van der Waals surface area contributed by atoms with Gasteiger partial charge in [-0.3, -0.25) is 9.78 Å². The summed E-state index contributed by atoms with van der Waals surface area (Å²) in [5.74, 6) is -0.288. The number of hydrogen-bond acceptors (Lipinski definition) is 4. The third-order valence-corrected chi connectivity index (χ3v) is 4.55. The van der Waals surface area contributed by atoms with Crippen LogP contribution >= 0.6 is 11.6 Å². The Hall–Kier alpha value is -2.61. The van der Waals surface area contributed by atoms with E-state index in [0.29, 0.717) is 30.0 Å². The van der Waals surface area contributed by atoms with Gasteiger partial charge in [0.2, 0.25) is 5.91 Å². The summed E-state index contributed by atoms with van der Waals surface area (Å²) in [4.78, 5) is 27.0. The van der Waals surface area contributed by atoms with Crippen molar-refractivity contribution >= 4 is 23.6 Å². The molecule has 3 N–H and O–H groups in total. The third kappa shape index (κ3) is 4.27. The second kappa shape index (κ2) is 7.52. The molecule has 1 saturated carbocycles. The lowest BCUT2D eigenvalue weighted by molar-refractivity contribution is -0.125. The quantitative estimate of drug-likeness (QED) is 0.752. The van der Waals surface area contributed by atoms with E-state index < -0.39 is 6.09 Å². The smallest absolute Gasteiger partial charge is 0.404 e. The summed E-state index contributed by atoms with van der Waals surface area (Å²) in [5, 5.41) is 18.6. The highest BCUT2D eigenvalue weighted by molar-refractivity contribution is 6.30. The van der Waals surface area contributed by atoms with E-state index in [1.165, 1.54) is 0 Å². The first-order chi connectivity index (χ1) is 12.0. The van der Waals surface area contributed by atoms with Crippen molar-refractivity contribution in [2.24, 2.45) is 5.92 Å². The largest absolute Gasteiger partial charge is 0.465 e. The Kier molecular flexibility index (Phi) is 5.18. The first-order valence-electron chi connectivity index (χ1n) is 7.94. The van der Waals surface area contributed by atoms with Gasteiger partial charge in [-0.2, -0.15) is 5.10 Å². The van der Waals surface area contributed by atoms with Crippen LogP contribution in [-0.2, 0) is 11.3 Å². The zero-order valence-corrected chi connectivity index (χ0v) is 14.1. The molecule has 132 valence electrons. The Bertz CT molecular complexity index is 764. The van der Waals surface area contributed by atoms with Crippen molar-refractivity contribution < 1.29 is 14.7 Å². The number of carboxylic acid groups (broad SMARTS) is 1. The number of carbonyl (C=O) groups excluding carboxylic acids is 1. The summed E-state index contributed by atoms with van der Waals surface area (Å²) in [5.41, 5.74) is 1.48.